The van der Waals surface area contributed by atoms with Gasteiger partial charge in [0.2, 0.25) is 0 Å². The number of ether oxygens (including phenoxy) is 2. The van der Waals surface area contributed by atoms with Crippen molar-refractivity contribution >= 4 is 11.9 Å². The average molecular weight is 192 g/mol. The molecular formula is C7H12O6. The average Bonchev–Trinajstić information content (AvgIpc) is 2.13. The van der Waals surface area contributed by atoms with Gasteiger partial charge in [0, 0.05) is 0 Å². The van der Waals surface area contributed by atoms with Gasteiger partial charge in [-0.3, -0.25) is 0 Å². The lowest BCUT2D eigenvalue weighted by molar-refractivity contribution is -0.161. The summed E-state index contributed by atoms with van der Waals surface area (Å²) in [5.41, 5.74) is 0. The maximum Gasteiger partial charge on any atom is 0.332 e. The topological polar surface area (TPSA) is 93.1 Å². The molecule has 0 saturated heterocycles. The minimum Gasteiger partial charge on any atom is -0.460 e. The van der Waals surface area contributed by atoms with E-state index in [4.69, 9.17) is 10.2 Å². The van der Waals surface area contributed by atoms with E-state index in [-0.39, 0.29) is 6.61 Å². The predicted octanol–water partition coefficient (Wildman–Crippen LogP) is -1.55. The van der Waals surface area contributed by atoms with Crippen molar-refractivity contribution in [2.45, 2.75) is 13.0 Å². The summed E-state index contributed by atoms with van der Waals surface area (Å²) in [6.07, 6.45) is -0.629. The van der Waals surface area contributed by atoms with Crippen LogP contribution in [-0.4, -0.2) is 48.1 Å². The second-order valence-electron chi connectivity index (χ2n) is 2.30. The monoisotopic (exact) mass is 192 g/mol. The van der Waals surface area contributed by atoms with Crippen LogP contribution < -0.4 is 0 Å². The minimum atomic E-state index is -0.785. The number of aliphatic hydroxyl groups excluding tert-OH is 2. The zero-order valence-electron chi connectivity index (χ0n) is 7.23. The molecule has 0 aliphatic rings. The SMILES string of the molecule is C[C@H](COC(=O)CO)OC(=O)CO. The standard InChI is InChI=1S/C7H12O6/c1-5(13-7(11)3-9)4-12-6(10)2-8/h5,8-9H,2-4H2,1H3/t5-/m1/s1. The Hall–Kier alpha value is -1.14. The summed E-state index contributed by atoms with van der Waals surface area (Å²) in [6.45, 7) is -0.0533. The van der Waals surface area contributed by atoms with Gasteiger partial charge in [0.15, 0.2) is 0 Å². The van der Waals surface area contributed by atoms with E-state index in [0.717, 1.165) is 0 Å². The fraction of sp³-hybridized carbons (Fsp3) is 0.714. The molecule has 0 saturated carbocycles. The van der Waals surface area contributed by atoms with Crippen LogP contribution in [0.15, 0.2) is 0 Å². The number of esters is 2. The number of hydrogen-bond acceptors (Lipinski definition) is 6. The van der Waals surface area contributed by atoms with Crippen LogP contribution in [0.2, 0.25) is 0 Å². The third-order valence-corrected chi connectivity index (χ3v) is 1.07. The zero-order chi connectivity index (χ0) is 10.3. The lowest BCUT2D eigenvalue weighted by Gasteiger charge is -2.11. The lowest BCUT2D eigenvalue weighted by atomic mass is 10.4. The van der Waals surface area contributed by atoms with Gasteiger partial charge >= 0.3 is 11.9 Å². The minimum absolute atomic E-state index is 0.134. The van der Waals surface area contributed by atoms with Crippen LogP contribution in [-0.2, 0) is 19.1 Å². The highest BCUT2D eigenvalue weighted by atomic mass is 16.6. The van der Waals surface area contributed by atoms with Crippen LogP contribution in [0.1, 0.15) is 6.92 Å². The molecule has 0 spiro atoms. The Bertz CT molecular complexity index is 178. The maximum atomic E-state index is 10.5. The van der Waals surface area contributed by atoms with E-state index in [2.05, 4.69) is 9.47 Å². The van der Waals surface area contributed by atoms with Crippen LogP contribution in [0, 0.1) is 0 Å². The van der Waals surface area contributed by atoms with E-state index in [1.807, 2.05) is 0 Å². The lowest BCUT2D eigenvalue weighted by Crippen LogP contribution is -2.24. The molecule has 0 unspecified atom stereocenters. The Kier molecular flexibility index (Phi) is 5.82. The molecule has 0 aliphatic carbocycles. The Balaban J connectivity index is 3.56. The van der Waals surface area contributed by atoms with E-state index in [1.54, 1.807) is 0 Å². The molecule has 6 heteroatoms. The normalized spacial score (nSPS) is 11.9. The Morgan fingerprint density at radius 3 is 2.23 bits per heavy atom. The van der Waals surface area contributed by atoms with Gasteiger partial charge in [-0.05, 0) is 6.92 Å². The van der Waals surface area contributed by atoms with Crippen molar-refractivity contribution in [3.63, 3.8) is 0 Å². The second kappa shape index (κ2) is 6.38. The van der Waals surface area contributed by atoms with E-state index in [9.17, 15) is 9.59 Å². The van der Waals surface area contributed by atoms with Crippen molar-refractivity contribution in [2.24, 2.45) is 0 Å². The third kappa shape index (κ3) is 6.06. The fourth-order valence-electron chi connectivity index (χ4n) is 0.552. The summed E-state index contributed by atoms with van der Waals surface area (Å²) in [4.78, 5) is 20.9. The van der Waals surface area contributed by atoms with Gasteiger partial charge in [-0.25, -0.2) is 9.59 Å². The number of aliphatic hydroxyl groups is 2. The maximum absolute atomic E-state index is 10.5. The second-order valence-corrected chi connectivity index (χ2v) is 2.30. The van der Waals surface area contributed by atoms with Crippen LogP contribution in [0.5, 0.6) is 0 Å². The Morgan fingerprint density at radius 1 is 1.23 bits per heavy atom. The first kappa shape index (κ1) is 11.9. The Morgan fingerprint density at radius 2 is 1.77 bits per heavy atom. The summed E-state index contributed by atoms with van der Waals surface area (Å²) in [6, 6.07) is 0. The van der Waals surface area contributed by atoms with Gasteiger partial charge in [-0.2, -0.15) is 0 Å². The smallest absolute Gasteiger partial charge is 0.332 e. The molecule has 0 aromatic heterocycles. The van der Waals surface area contributed by atoms with Crippen molar-refractivity contribution < 1.29 is 29.3 Å². The molecule has 76 valence electrons. The first-order chi connectivity index (χ1) is 6.10. The van der Waals surface area contributed by atoms with E-state index < -0.39 is 31.3 Å². The van der Waals surface area contributed by atoms with Gasteiger partial charge < -0.3 is 19.7 Å². The molecule has 1 atom stereocenters. The van der Waals surface area contributed by atoms with E-state index >= 15 is 0 Å². The molecule has 6 nitrogen and oxygen atoms in total. The van der Waals surface area contributed by atoms with E-state index in [1.165, 1.54) is 6.92 Å². The molecular weight excluding hydrogens is 180 g/mol. The number of carbonyl (C=O) groups is 2. The summed E-state index contributed by atoms with van der Waals surface area (Å²) in [5, 5.41) is 16.5. The Labute approximate surface area is 75.1 Å². The first-order valence-electron chi connectivity index (χ1n) is 3.67. The molecule has 0 aromatic carbocycles. The summed E-state index contributed by atoms with van der Waals surface area (Å²) >= 11 is 0. The molecule has 0 fully saturated rings. The van der Waals surface area contributed by atoms with Gasteiger partial charge in [0.1, 0.15) is 25.9 Å². The van der Waals surface area contributed by atoms with Crippen molar-refractivity contribution in [3.8, 4) is 0 Å². The van der Waals surface area contributed by atoms with E-state index in [0.29, 0.717) is 0 Å². The largest absolute Gasteiger partial charge is 0.460 e. The summed E-state index contributed by atoms with van der Waals surface area (Å²) < 4.78 is 9.00. The number of carbonyl (C=O) groups excluding carboxylic acids is 2. The molecule has 0 amide bonds. The van der Waals surface area contributed by atoms with Crippen LogP contribution >= 0.6 is 0 Å². The summed E-state index contributed by atoms with van der Waals surface area (Å²) in [7, 11) is 0. The zero-order valence-corrected chi connectivity index (χ0v) is 7.23. The highest BCUT2D eigenvalue weighted by molar-refractivity contribution is 5.71. The van der Waals surface area contributed by atoms with Gasteiger partial charge in [0.25, 0.3) is 0 Å². The molecule has 13 heavy (non-hydrogen) atoms. The number of rotatable bonds is 5. The van der Waals surface area contributed by atoms with Crippen molar-refractivity contribution in [1.82, 2.24) is 0 Å². The molecule has 0 rings (SSSR count). The number of hydrogen-bond donors (Lipinski definition) is 2. The molecule has 0 radical (unpaired) electrons. The quantitative estimate of drug-likeness (QED) is 0.512. The summed E-state index contributed by atoms with van der Waals surface area (Å²) in [5.74, 6) is -1.57. The molecule has 0 bridgehead atoms. The van der Waals surface area contributed by atoms with Crippen LogP contribution in [0.25, 0.3) is 0 Å². The first-order valence-corrected chi connectivity index (χ1v) is 3.67. The van der Waals surface area contributed by atoms with Gasteiger partial charge in [-0.15, -0.1) is 0 Å². The van der Waals surface area contributed by atoms with Crippen molar-refractivity contribution in [2.75, 3.05) is 19.8 Å². The van der Waals surface area contributed by atoms with Crippen LogP contribution in [0.3, 0.4) is 0 Å². The van der Waals surface area contributed by atoms with Gasteiger partial charge in [-0.1, -0.05) is 0 Å². The van der Waals surface area contributed by atoms with Crippen LogP contribution in [0.4, 0.5) is 0 Å². The third-order valence-electron chi connectivity index (χ3n) is 1.07. The fourth-order valence-corrected chi connectivity index (χ4v) is 0.552. The highest BCUT2D eigenvalue weighted by Crippen LogP contribution is 1.92. The predicted molar refractivity (Wildman–Crippen MR) is 40.7 cm³/mol. The molecule has 0 aliphatic heterocycles. The highest BCUT2D eigenvalue weighted by Gasteiger charge is 2.10. The van der Waals surface area contributed by atoms with Crippen molar-refractivity contribution in [3.05, 3.63) is 0 Å². The van der Waals surface area contributed by atoms with Gasteiger partial charge in [0.05, 0.1) is 0 Å². The molecule has 0 aromatic rings. The molecule has 0 heterocycles. The molecule has 2 N–H and O–H groups in total. The van der Waals surface area contributed by atoms with Crippen molar-refractivity contribution in [1.29, 1.82) is 0 Å².